The standard InChI is InChI=1S/C9H11NO2S/c1-12-9(11)8-6(3-5-13-8)7-2-4-10-7/h3,5,7,10H,2,4H2,1H3. The zero-order valence-corrected chi connectivity index (χ0v) is 8.19. The number of carbonyl (C=O) groups excluding carboxylic acids is 1. The highest BCUT2D eigenvalue weighted by molar-refractivity contribution is 7.12. The van der Waals surface area contributed by atoms with Gasteiger partial charge in [-0.3, -0.25) is 0 Å². The van der Waals surface area contributed by atoms with Crippen LogP contribution in [0.2, 0.25) is 0 Å². The number of methoxy groups -OCH3 is 1. The summed E-state index contributed by atoms with van der Waals surface area (Å²) in [6, 6.07) is 2.36. The van der Waals surface area contributed by atoms with Crippen LogP contribution < -0.4 is 5.32 Å². The molecule has 1 N–H and O–H groups in total. The number of ether oxygens (including phenoxy) is 1. The van der Waals surface area contributed by atoms with E-state index in [9.17, 15) is 4.79 Å². The molecule has 1 unspecified atom stereocenters. The molecule has 0 amide bonds. The highest BCUT2D eigenvalue weighted by atomic mass is 32.1. The van der Waals surface area contributed by atoms with Gasteiger partial charge in [0.05, 0.1) is 7.11 Å². The van der Waals surface area contributed by atoms with Gasteiger partial charge in [-0.25, -0.2) is 4.79 Å². The molecule has 1 saturated heterocycles. The topological polar surface area (TPSA) is 38.3 Å². The van der Waals surface area contributed by atoms with Crippen molar-refractivity contribution in [1.29, 1.82) is 0 Å². The molecule has 0 bridgehead atoms. The average Bonchev–Trinajstić information content (AvgIpc) is 2.49. The first-order chi connectivity index (χ1) is 6.33. The smallest absolute Gasteiger partial charge is 0.348 e. The first-order valence-electron chi connectivity index (χ1n) is 4.22. The van der Waals surface area contributed by atoms with Crippen LogP contribution in [0.5, 0.6) is 0 Å². The molecule has 4 heteroatoms. The summed E-state index contributed by atoms with van der Waals surface area (Å²) in [6.45, 7) is 1.04. The van der Waals surface area contributed by atoms with E-state index in [1.165, 1.54) is 18.4 Å². The monoisotopic (exact) mass is 197 g/mol. The van der Waals surface area contributed by atoms with Gasteiger partial charge in [-0.1, -0.05) is 0 Å². The van der Waals surface area contributed by atoms with Crippen LogP contribution in [-0.2, 0) is 4.74 Å². The highest BCUT2D eigenvalue weighted by Gasteiger charge is 2.25. The van der Waals surface area contributed by atoms with Gasteiger partial charge in [0.2, 0.25) is 0 Å². The van der Waals surface area contributed by atoms with Crippen molar-refractivity contribution in [2.24, 2.45) is 0 Å². The van der Waals surface area contributed by atoms with E-state index in [1.807, 2.05) is 11.4 Å². The van der Waals surface area contributed by atoms with Gasteiger partial charge in [-0.2, -0.15) is 0 Å². The Morgan fingerprint density at radius 1 is 1.77 bits per heavy atom. The van der Waals surface area contributed by atoms with Gasteiger partial charge in [0, 0.05) is 6.04 Å². The Kier molecular flexibility index (Phi) is 2.33. The van der Waals surface area contributed by atoms with Crippen LogP contribution in [0.15, 0.2) is 11.4 Å². The SMILES string of the molecule is COC(=O)c1sccc1C1CCN1. The van der Waals surface area contributed by atoms with Gasteiger partial charge in [0.25, 0.3) is 0 Å². The maximum atomic E-state index is 11.3. The van der Waals surface area contributed by atoms with Crippen LogP contribution in [0.3, 0.4) is 0 Å². The van der Waals surface area contributed by atoms with Crippen molar-refractivity contribution in [2.75, 3.05) is 13.7 Å². The molecule has 0 aliphatic carbocycles. The predicted molar refractivity (Wildman–Crippen MR) is 51.0 cm³/mol. The molecule has 0 radical (unpaired) electrons. The minimum atomic E-state index is -0.223. The summed E-state index contributed by atoms with van der Waals surface area (Å²) in [6.07, 6.45) is 1.11. The molecule has 0 spiro atoms. The first-order valence-corrected chi connectivity index (χ1v) is 5.10. The Morgan fingerprint density at radius 3 is 3.08 bits per heavy atom. The Bertz CT molecular complexity index is 317. The molecule has 1 aromatic heterocycles. The van der Waals surface area contributed by atoms with Crippen LogP contribution in [0.25, 0.3) is 0 Å². The van der Waals surface area contributed by atoms with Crippen LogP contribution in [0, 0.1) is 0 Å². The van der Waals surface area contributed by atoms with Crippen LogP contribution in [-0.4, -0.2) is 19.6 Å². The number of hydrogen-bond donors (Lipinski definition) is 1. The largest absolute Gasteiger partial charge is 0.465 e. The Morgan fingerprint density at radius 2 is 2.54 bits per heavy atom. The summed E-state index contributed by atoms with van der Waals surface area (Å²) in [5, 5.41) is 5.20. The van der Waals surface area contributed by atoms with Gasteiger partial charge in [0.1, 0.15) is 4.88 Å². The van der Waals surface area contributed by atoms with Crippen LogP contribution in [0.4, 0.5) is 0 Å². The number of hydrogen-bond acceptors (Lipinski definition) is 4. The zero-order valence-electron chi connectivity index (χ0n) is 7.37. The lowest BCUT2D eigenvalue weighted by Crippen LogP contribution is -2.35. The van der Waals surface area contributed by atoms with E-state index in [1.54, 1.807) is 0 Å². The Labute approximate surface area is 80.7 Å². The summed E-state index contributed by atoms with van der Waals surface area (Å²) in [4.78, 5) is 12.0. The molecule has 0 aromatic carbocycles. The molecule has 1 aromatic rings. The molecular formula is C9H11NO2S. The van der Waals surface area contributed by atoms with E-state index in [0.29, 0.717) is 6.04 Å². The van der Waals surface area contributed by atoms with Crippen molar-refractivity contribution >= 4 is 17.3 Å². The lowest BCUT2D eigenvalue weighted by atomic mass is 9.99. The normalized spacial score (nSPS) is 20.8. The van der Waals surface area contributed by atoms with Gasteiger partial charge < -0.3 is 10.1 Å². The van der Waals surface area contributed by atoms with E-state index in [-0.39, 0.29) is 5.97 Å². The zero-order chi connectivity index (χ0) is 9.26. The van der Waals surface area contributed by atoms with Crippen molar-refractivity contribution in [2.45, 2.75) is 12.5 Å². The lowest BCUT2D eigenvalue weighted by Gasteiger charge is -2.27. The summed E-state index contributed by atoms with van der Waals surface area (Å²) in [7, 11) is 1.42. The molecule has 2 heterocycles. The molecule has 13 heavy (non-hydrogen) atoms. The van der Waals surface area contributed by atoms with Crippen LogP contribution >= 0.6 is 11.3 Å². The highest BCUT2D eigenvalue weighted by Crippen LogP contribution is 2.29. The Hall–Kier alpha value is -0.870. The molecule has 1 aliphatic rings. The fraction of sp³-hybridized carbons (Fsp3) is 0.444. The average molecular weight is 197 g/mol. The maximum Gasteiger partial charge on any atom is 0.348 e. The van der Waals surface area contributed by atoms with Gasteiger partial charge in [-0.15, -0.1) is 11.3 Å². The van der Waals surface area contributed by atoms with E-state index >= 15 is 0 Å². The third-order valence-corrected chi connectivity index (χ3v) is 3.18. The quantitative estimate of drug-likeness (QED) is 0.731. The number of esters is 1. The molecular weight excluding hydrogens is 186 g/mol. The number of rotatable bonds is 2. The molecule has 3 nitrogen and oxygen atoms in total. The molecule has 1 atom stereocenters. The summed E-state index contributed by atoms with van der Waals surface area (Å²) >= 11 is 1.45. The Balaban J connectivity index is 2.24. The van der Waals surface area contributed by atoms with Crippen molar-refractivity contribution in [1.82, 2.24) is 5.32 Å². The van der Waals surface area contributed by atoms with E-state index < -0.39 is 0 Å². The molecule has 0 saturated carbocycles. The van der Waals surface area contributed by atoms with Gasteiger partial charge in [0.15, 0.2) is 0 Å². The minimum absolute atomic E-state index is 0.223. The van der Waals surface area contributed by atoms with Crippen molar-refractivity contribution in [3.05, 3.63) is 21.9 Å². The predicted octanol–water partition coefficient (Wildman–Crippen LogP) is 1.57. The fourth-order valence-corrected chi connectivity index (χ4v) is 2.28. The second-order valence-corrected chi connectivity index (χ2v) is 3.91. The summed E-state index contributed by atoms with van der Waals surface area (Å²) < 4.78 is 4.70. The minimum Gasteiger partial charge on any atom is -0.465 e. The van der Waals surface area contributed by atoms with Gasteiger partial charge >= 0.3 is 5.97 Å². The summed E-state index contributed by atoms with van der Waals surface area (Å²) in [5.74, 6) is -0.223. The second kappa shape index (κ2) is 3.47. The number of carbonyl (C=O) groups is 1. The fourth-order valence-electron chi connectivity index (χ4n) is 1.41. The van der Waals surface area contributed by atoms with E-state index in [0.717, 1.165) is 23.4 Å². The second-order valence-electron chi connectivity index (χ2n) is 2.99. The molecule has 1 aliphatic heterocycles. The molecule has 1 fully saturated rings. The number of nitrogens with one attached hydrogen (secondary N) is 1. The van der Waals surface area contributed by atoms with Crippen molar-refractivity contribution in [3.8, 4) is 0 Å². The lowest BCUT2D eigenvalue weighted by molar-refractivity contribution is 0.0603. The van der Waals surface area contributed by atoms with Gasteiger partial charge in [-0.05, 0) is 30.0 Å². The van der Waals surface area contributed by atoms with Crippen LogP contribution in [0.1, 0.15) is 27.7 Å². The maximum absolute atomic E-state index is 11.3. The van der Waals surface area contributed by atoms with Crippen molar-refractivity contribution in [3.63, 3.8) is 0 Å². The van der Waals surface area contributed by atoms with E-state index in [4.69, 9.17) is 4.74 Å². The summed E-state index contributed by atoms with van der Waals surface area (Å²) in [5.41, 5.74) is 1.09. The third-order valence-electron chi connectivity index (χ3n) is 2.27. The molecule has 70 valence electrons. The number of thiophene rings is 1. The van der Waals surface area contributed by atoms with Crippen molar-refractivity contribution < 1.29 is 9.53 Å². The third kappa shape index (κ3) is 1.47. The molecule has 2 rings (SSSR count). The van der Waals surface area contributed by atoms with E-state index in [2.05, 4.69) is 5.32 Å². The first kappa shape index (κ1) is 8.72.